The van der Waals surface area contributed by atoms with Gasteiger partial charge in [-0.05, 0) is 50.7 Å². The SMILES string of the molecule is CCCN(CCC)C(=O)C1CCC(C(=O)Nc2ccccc2F)CC1. The fraction of sp³-hybridized carbons (Fsp3) is 0.600. The van der Waals surface area contributed by atoms with Gasteiger partial charge in [-0.2, -0.15) is 0 Å². The molecule has 0 aromatic heterocycles. The van der Waals surface area contributed by atoms with Gasteiger partial charge in [0.2, 0.25) is 11.8 Å². The molecule has 0 heterocycles. The fourth-order valence-electron chi connectivity index (χ4n) is 3.53. The molecule has 1 aromatic rings. The largest absolute Gasteiger partial charge is 0.342 e. The van der Waals surface area contributed by atoms with Crippen LogP contribution in [0, 0.1) is 17.7 Å². The lowest BCUT2D eigenvalue weighted by atomic mass is 9.80. The zero-order chi connectivity index (χ0) is 18.2. The Morgan fingerprint density at radius 2 is 1.60 bits per heavy atom. The van der Waals surface area contributed by atoms with E-state index in [0.717, 1.165) is 38.8 Å². The van der Waals surface area contributed by atoms with Crippen LogP contribution in [0.5, 0.6) is 0 Å². The third kappa shape index (κ3) is 5.28. The lowest BCUT2D eigenvalue weighted by Gasteiger charge is -2.31. The summed E-state index contributed by atoms with van der Waals surface area (Å²) in [6.45, 7) is 5.78. The highest BCUT2D eigenvalue weighted by Gasteiger charge is 2.32. The molecule has 0 bridgehead atoms. The van der Waals surface area contributed by atoms with E-state index >= 15 is 0 Å². The van der Waals surface area contributed by atoms with Gasteiger partial charge in [-0.1, -0.05) is 26.0 Å². The Bertz CT molecular complexity index is 577. The van der Waals surface area contributed by atoms with Gasteiger partial charge in [0.15, 0.2) is 0 Å². The van der Waals surface area contributed by atoms with Gasteiger partial charge in [-0.3, -0.25) is 9.59 Å². The third-order valence-electron chi connectivity index (χ3n) is 4.88. The van der Waals surface area contributed by atoms with Crippen molar-refractivity contribution in [1.29, 1.82) is 0 Å². The molecule has 0 radical (unpaired) electrons. The number of halogens is 1. The highest BCUT2D eigenvalue weighted by atomic mass is 19.1. The first-order valence-corrected chi connectivity index (χ1v) is 9.41. The summed E-state index contributed by atoms with van der Waals surface area (Å²) in [5.41, 5.74) is 0.225. The Balaban J connectivity index is 1.87. The first-order valence-electron chi connectivity index (χ1n) is 9.41. The minimum atomic E-state index is -0.422. The van der Waals surface area contributed by atoms with Crippen LogP contribution in [0.3, 0.4) is 0 Å². The number of amides is 2. The second-order valence-electron chi connectivity index (χ2n) is 6.84. The summed E-state index contributed by atoms with van der Waals surface area (Å²) >= 11 is 0. The minimum Gasteiger partial charge on any atom is -0.342 e. The van der Waals surface area contributed by atoms with Crippen molar-refractivity contribution in [3.63, 3.8) is 0 Å². The number of carbonyl (C=O) groups is 2. The molecule has 0 spiro atoms. The second-order valence-corrected chi connectivity index (χ2v) is 6.84. The molecule has 0 unspecified atom stereocenters. The Hall–Kier alpha value is -1.91. The zero-order valence-corrected chi connectivity index (χ0v) is 15.3. The van der Waals surface area contributed by atoms with Crippen LogP contribution in [-0.2, 0) is 9.59 Å². The van der Waals surface area contributed by atoms with E-state index in [1.54, 1.807) is 18.2 Å². The molecule has 2 amide bonds. The highest BCUT2D eigenvalue weighted by Crippen LogP contribution is 2.31. The van der Waals surface area contributed by atoms with Crippen molar-refractivity contribution in [3.8, 4) is 0 Å². The van der Waals surface area contributed by atoms with Crippen LogP contribution in [0.25, 0.3) is 0 Å². The average Bonchev–Trinajstić information content (AvgIpc) is 2.63. The van der Waals surface area contributed by atoms with Gasteiger partial charge in [0, 0.05) is 24.9 Å². The van der Waals surface area contributed by atoms with Crippen LogP contribution in [0.1, 0.15) is 52.4 Å². The number of nitrogens with one attached hydrogen (secondary N) is 1. The van der Waals surface area contributed by atoms with Crippen molar-refractivity contribution in [2.45, 2.75) is 52.4 Å². The van der Waals surface area contributed by atoms with E-state index in [0.29, 0.717) is 12.8 Å². The standard InChI is InChI=1S/C20H29FN2O2/c1-3-13-23(14-4-2)20(25)16-11-9-15(10-12-16)19(24)22-18-8-6-5-7-17(18)21/h5-8,15-16H,3-4,9-14H2,1-2H3,(H,22,24). The van der Waals surface area contributed by atoms with Crippen molar-refractivity contribution >= 4 is 17.5 Å². The molecule has 1 aliphatic rings. The first kappa shape index (κ1) is 19.4. The lowest BCUT2D eigenvalue weighted by Crippen LogP contribution is -2.39. The number of anilines is 1. The molecule has 1 fully saturated rings. The molecular weight excluding hydrogens is 319 g/mol. The Kier molecular flexibility index (Phi) is 7.41. The van der Waals surface area contributed by atoms with Crippen molar-refractivity contribution < 1.29 is 14.0 Å². The zero-order valence-electron chi connectivity index (χ0n) is 15.3. The predicted molar refractivity (Wildman–Crippen MR) is 97.6 cm³/mol. The number of hydrogen-bond donors (Lipinski definition) is 1. The van der Waals surface area contributed by atoms with E-state index in [9.17, 15) is 14.0 Å². The van der Waals surface area contributed by atoms with Crippen molar-refractivity contribution in [2.75, 3.05) is 18.4 Å². The summed E-state index contributed by atoms with van der Waals surface area (Å²) < 4.78 is 13.7. The van der Waals surface area contributed by atoms with Gasteiger partial charge < -0.3 is 10.2 Å². The summed E-state index contributed by atoms with van der Waals surface area (Å²) in [7, 11) is 0. The molecule has 1 aliphatic carbocycles. The number of rotatable bonds is 7. The predicted octanol–water partition coefficient (Wildman–Crippen LogP) is 4.22. The normalized spacial score (nSPS) is 20.1. The molecule has 25 heavy (non-hydrogen) atoms. The van der Waals surface area contributed by atoms with Crippen LogP contribution in [0.4, 0.5) is 10.1 Å². The Morgan fingerprint density at radius 1 is 1.04 bits per heavy atom. The fourth-order valence-corrected chi connectivity index (χ4v) is 3.53. The van der Waals surface area contributed by atoms with Crippen LogP contribution in [0.15, 0.2) is 24.3 Å². The lowest BCUT2D eigenvalue weighted by molar-refractivity contribution is -0.138. The van der Waals surface area contributed by atoms with E-state index in [2.05, 4.69) is 19.2 Å². The Labute approximate surface area is 149 Å². The molecule has 0 atom stereocenters. The number of nitrogens with zero attached hydrogens (tertiary/aromatic N) is 1. The van der Waals surface area contributed by atoms with Gasteiger partial charge >= 0.3 is 0 Å². The molecule has 4 nitrogen and oxygen atoms in total. The van der Waals surface area contributed by atoms with E-state index in [-0.39, 0.29) is 29.3 Å². The molecule has 1 N–H and O–H groups in total. The third-order valence-corrected chi connectivity index (χ3v) is 4.88. The maximum atomic E-state index is 13.7. The smallest absolute Gasteiger partial charge is 0.227 e. The number of para-hydroxylation sites is 1. The average molecular weight is 348 g/mol. The van der Waals surface area contributed by atoms with E-state index in [1.165, 1.54) is 6.07 Å². The monoisotopic (exact) mass is 348 g/mol. The molecule has 5 heteroatoms. The van der Waals surface area contributed by atoms with Gasteiger partial charge in [0.1, 0.15) is 5.82 Å². The minimum absolute atomic E-state index is 0.0237. The maximum absolute atomic E-state index is 13.7. The molecule has 1 aromatic carbocycles. The van der Waals surface area contributed by atoms with Gasteiger partial charge in [-0.15, -0.1) is 0 Å². The summed E-state index contributed by atoms with van der Waals surface area (Å²) in [5.74, 6) is -0.453. The van der Waals surface area contributed by atoms with Crippen molar-refractivity contribution in [1.82, 2.24) is 4.90 Å². The summed E-state index contributed by atoms with van der Waals surface area (Å²) in [4.78, 5) is 27.0. The van der Waals surface area contributed by atoms with Crippen LogP contribution in [0.2, 0.25) is 0 Å². The first-order chi connectivity index (χ1) is 12.1. The second kappa shape index (κ2) is 9.54. The molecular formula is C20H29FN2O2. The van der Waals surface area contributed by atoms with Crippen LogP contribution >= 0.6 is 0 Å². The molecule has 0 saturated heterocycles. The topological polar surface area (TPSA) is 49.4 Å². The number of benzene rings is 1. The quantitative estimate of drug-likeness (QED) is 0.802. The van der Waals surface area contributed by atoms with Crippen molar-refractivity contribution in [2.24, 2.45) is 11.8 Å². The molecule has 138 valence electrons. The number of carbonyl (C=O) groups excluding carboxylic acids is 2. The Morgan fingerprint density at radius 3 is 2.16 bits per heavy atom. The molecule has 2 rings (SSSR count). The van der Waals surface area contributed by atoms with E-state index < -0.39 is 5.82 Å². The van der Waals surface area contributed by atoms with Crippen LogP contribution < -0.4 is 5.32 Å². The van der Waals surface area contributed by atoms with Crippen LogP contribution in [-0.4, -0.2) is 29.8 Å². The molecule has 1 saturated carbocycles. The van der Waals surface area contributed by atoms with Crippen molar-refractivity contribution in [3.05, 3.63) is 30.1 Å². The summed E-state index contributed by atoms with van der Waals surface area (Å²) in [5, 5.41) is 2.68. The van der Waals surface area contributed by atoms with Gasteiger partial charge in [0.25, 0.3) is 0 Å². The number of hydrogen-bond acceptors (Lipinski definition) is 2. The van der Waals surface area contributed by atoms with Gasteiger partial charge in [-0.25, -0.2) is 4.39 Å². The van der Waals surface area contributed by atoms with E-state index in [1.807, 2.05) is 4.90 Å². The molecule has 0 aliphatic heterocycles. The summed E-state index contributed by atoms with van der Waals surface area (Å²) in [6.07, 6.45) is 4.76. The maximum Gasteiger partial charge on any atom is 0.227 e. The van der Waals surface area contributed by atoms with Gasteiger partial charge in [0.05, 0.1) is 5.69 Å². The summed E-state index contributed by atoms with van der Waals surface area (Å²) in [6, 6.07) is 6.20. The van der Waals surface area contributed by atoms with E-state index in [4.69, 9.17) is 0 Å². The highest BCUT2D eigenvalue weighted by molar-refractivity contribution is 5.92.